The Morgan fingerprint density at radius 3 is 1.93 bits per heavy atom. The van der Waals surface area contributed by atoms with Crippen LogP contribution in [0.2, 0.25) is 0 Å². The third-order valence-corrected chi connectivity index (χ3v) is 4.63. The summed E-state index contributed by atoms with van der Waals surface area (Å²) in [5, 5.41) is 10.0. The SMILES string of the molecule is CCCN(CCC)c1[nH+]c(-c2ccccc2)cc(-c2ccccc2)c1C#N. The molecule has 0 fully saturated rings. The molecule has 3 heteroatoms. The number of nitriles is 1. The van der Waals surface area contributed by atoms with E-state index in [0.717, 1.165) is 54.1 Å². The predicted molar refractivity (Wildman–Crippen MR) is 111 cm³/mol. The molecule has 27 heavy (non-hydrogen) atoms. The number of benzene rings is 2. The van der Waals surface area contributed by atoms with Crippen LogP contribution in [0, 0.1) is 11.3 Å². The fraction of sp³-hybridized carbons (Fsp3) is 0.250. The minimum atomic E-state index is 0.711. The fourth-order valence-electron chi connectivity index (χ4n) is 3.41. The Bertz CT molecular complexity index is 906. The van der Waals surface area contributed by atoms with Gasteiger partial charge in [-0.25, -0.2) is 4.98 Å². The lowest BCUT2D eigenvalue weighted by Gasteiger charge is -2.19. The quantitative estimate of drug-likeness (QED) is 0.574. The van der Waals surface area contributed by atoms with E-state index >= 15 is 0 Å². The maximum atomic E-state index is 10.0. The number of hydrogen-bond acceptors (Lipinski definition) is 2. The highest BCUT2D eigenvalue weighted by molar-refractivity contribution is 5.78. The second kappa shape index (κ2) is 9.00. The molecule has 0 aliphatic carbocycles. The lowest BCUT2D eigenvalue weighted by molar-refractivity contribution is -0.350. The van der Waals surface area contributed by atoms with E-state index in [4.69, 9.17) is 0 Å². The monoisotopic (exact) mass is 356 g/mol. The molecule has 3 aromatic rings. The molecule has 0 atom stereocenters. The summed E-state index contributed by atoms with van der Waals surface area (Å²) in [7, 11) is 0. The Morgan fingerprint density at radius 1 is 0.852 bits per heavy atom. The maximum Gasteiger partial charge on any atom is 0.293 e. The zero-order chi connectivity index (χ0) is 19.1. The maximum absolute atomic E-state index is 10.0. The van der Waals surface area contributed by atoms with E-state index in [-0.39, 0.29) is 0 Å². The molecule has 0 aliphatic rings. The van der Waals surface area contributed by atoms with Gasteiger partial charge in [-0.05, 0) is 24.5 Å². The van der Waals surface area contributed by atoms with Gasteiger partial charge >= 0.3 is 0 Å². The minimum absolute atomic E-state index is 0.711. The number of pyridine rings is 1. The molecule has 0 unspecified atom stereocenters. The molecule has 0 bridgehead atoms. The number of H-pyrrole nitrogens is 1. The van der Waals surface area contributed by atoms with Gasteiger partial charge in [-0.2, -0.15) is 5.26 Å². The third kappa shape index (κ3) is 4.17. The van der Waals surface area contributed by atoms with E-state index in [1.165, 1.54) is 0 Å². The summed E-state index contributed by atoms with van der Waals surface area (Å²) in [6.45, 7) is 6.19. The summed E-state index contributed by atoms with van der Waals surface area (Å²) in [6.07, 6.45) is 2.07. The van der Waals surface area contributed by atoms with Crippen molar-refractivity contribution in [1.29, 1.82) is 5.26 Å². The average Bonchev–Trinajstić information content (AvgIpc) is 2.74. The second-order valence-electron chi connectivity index (χ2n) is 6.65. The Kier molecular flexibility index (Phi) is 6.22. The lowest BCUT2D eigenvalue weighted by atomic mass is 9.98. The van der Waals surface area contributed by atoms with E-state index in [0.29, 0.717) is 5.56 Å². The largest absolute Gasteiger partial charge is 0.293 e. The van der Waals surface area contributed by atoms with Crippen LogP contribution < -0.4 is 9.88 Å². The van der Waals surface area contributed by atoms with Crippen molar-refractivity contribution in [3.8, 4) is 28.5 Å². The fourth-order valence-corrected chi connectivity index (χ4v) is 3.41. The number of rotatable bonds is 7. The number of anilines is 1. The van der Waals surface area contributed by atoms with Gasteiger partial charge in [-0.3, -0.25) is 4.90 Å². The van der Waals surface area contributed by atoms with Crippen molar-refractivity contribution in [3.05, 3.63) is 72.3 Å². The molecule has 0 saturated carbocycles. The van der Waals surface area contributed by atoms with Gasteiger partial charge in [0, 0.05) is 11.1 Å². The van der Waals surface area contributed by atoms with Crippen LogP contribution in [-0.4, -0.2) is 13.1 Å². The smallest absolute Gasteiger partial charge is 0.261 e. The van der Waals surface area contributed by atoms with Gasteiger partial charge in [0.1, 0.15) is 17.3 Å². The van der Waals surface area contributed by atoms with Gasteiger partial charge in [0.25, 0.3) is 5.82 Å². The summed E-state index contributed by atoms with van der Waals surface area (Å²) in [4.78, 5) is 5.87. The van der Waals surface area contributed by atoms with E-state index < -0.39 is 0 Å². The van der Waals surface area contributed by atoms with Crippen LogP contribution in [0.4, 0.5) is 5.82 Å². The first-order valence-electron chi connectivity index (χ1n) is 9.64. The molecule has 0 aliphatic heterocycles. The zero-order valence-electron chi connectivity index (χ0n) is 16.1. The van der Waals surface area contributed by atoms with Crippen LogP contribution in [-0.2, 0) is 0 Å². The van der Waals surface area contributed by atoms with E-state index in [9.17, 15) is 5.26 Å². The summed E-state index contributed by atoms with van der Waals surface area (Å²) in [5.41, 5.74) is 4.90. The van der Waals surface area contributed by atoms with E-state index in [1.54, 1.807) is 0 Å². The van der Waals surface area contributed by atoms with Crippen molar-refractivity contribution in [2.75, 3.05) is 18.0 Å². The van der Waals surface area contributed by atoms with E-state index in [1.807, 2.05) is 36.4 Å². The van der Waals surface area contributed by atoms with Gasteiger partial charge in [0.05, 0.1) is 13.1 Å². The Morgan fingerprint density at radius 2 is 1.41 bits per heavy atom. The Balaban J connectivity index is 2.26. The lowest BCUT2D eigenvalue weighted by Crippen LogP contribution is -2.32. The van der Waals surface area contributed by atoms with Crippen LogP contribution in [0.5, 0.6) is 0 Å². The minimum Gasteiger partial charge on any atom is -0.261 e. The summed E-state index contributed by atoms with van der Waals surface area (Å²) >= 11 is 0. The van der Waals surface area contributed by atoms with Gasteiger partial charge in [0.2, 0.25) is 0 Å². The Hall–Kier alpha value is -3.12. The summed E-state index contributed by atoms with van der Waals surface area (Å²) < 4.78 is 0. The number of aromatic amines is 1. The second-order valence-corrected chi connectivity index (χ2v) is 6.65. The normalized spacial score (nSPS) is 10.4. The van der Waals surface area contributed by atoms with Crippen LogP contribution in [0.25, 0.3) is 22.4 Å². The number of aromatic nitrogens is 1. The molecule has 2 aromatic carbocycles. The highest BCUT2D eigenvalue weighted by Crippen LogP contribution is 2.31. The number of hydrogen-bond donors (Lipinski definition) is 0. The zero-order valence-corrected chi connectivity index (χ0v) is 16.1. The molecular weight excluding hydrogens is 330 g/mol. The molecule has 0 radical (unpaired) electrons. The van der Waals surface area contributed by atoms with Gasteiger partial charge in [-0.15, -0.1) is 0 Å². The van der Waals surface area contributed by atoms with Gasteiger partial charge in [-0.1, -0.05) is 74.5 Å². The van der Waals surface area contributed by atoms with Crippen molar-refractivity contribution in [1.82, 2.24) is 0 Å². The molecule has 1 heterocycles. The topological polar surface area (TPSA) is 41.2 Å². The first-order chi connectivity index (χ1) is 13.3. The van der Waals surface area contributed by atoms with Crippen molar-refractivity contribution in [2.24, 2.45) is 0 Å². The van der Waals surface area contributed by atoms with Crippen molar-refractivity contribution in [2.45, 2.75) is 26.7 Å². The number of nitrogens with one attached hydrogen (secondary N) is 1. The molecule has 1 N–H and O–H groups in total. The molecule has 3 rings (SSSR count). The summed E-state index contributed by atoms with van der Waals surface area (Å²) in [5.74, 6) is 0.918. The molecule has 0 amide bonds. The van der Waals surface area contributed by atoms with Crippen LogP contribution in [0.3, 0.4) is 0 Å². The first kappa shape index (κ1) is 18.7. The first-order valence-corrected chi connectivity index (χ1v) is 9.64. The van der Waals surface area contributed by atoms with Crippen LogP contribution in [0.15, 0.2) is 66.7 Å². The van der Waals surface area contributed by atoms with Crippen molar-refractivity contribution in [3.63, 3.8) is 0 Å². The molecule has 3 nitrogen and oxygen atoms in total. The molecule has 0 saturated heterocycles. The molecular formula is C24H26N3+. The third-order valence-electron chi connectivity index (χ3n) is 4.63. The average molecular weight is 356 g/mol. The highest BCUT2D eigenvalue weighted by atomic mass is 15.2. The van der Waals surface area contributed by atoms with Crippen molar-refractivity contribution >= 4 is 5.82 Å². The predicted octanol–water partition coefficient (Wildman–Crippen LogP) is 5.33. The van der Waals surface area contributed by atoms with Crippen LogP contribution >= 0.6 is 0 Å². The molecule has 0 spiro atoms. The summed E-state index contributed by atoms with van der Waals surface area (Å²) in [6, 6.07) is 25.0. The van der Waals surface area contributed by atoms with Gasteiger partial charge in [0.15, 0.2) is 0 Å². The van der Waals surface area contributed by atoms with Crippen molar-refractivity contribution < 1.29 is 4.98 Å². The highest BCUT2D eigenvalue weighted by Gasteiger charge is 2.24. The van der Waals surface area contributed by atoms with Gasteiger partial charge < -0.3 is 0 Å². The Labute approximate surface area is 161 Å². The molecule has 136 valence electrons. The van der Waals surface area contributed by atoms with E-state index in [2.05, 4.69) is 60.1 Å². The van der Waals surface area contributed by atoms with Crippen LogP contribution in [0.1, 0.15) is 32.3 Å². The molecule has 1 aromatic heterocycles. The standard InChI is InChI=1S/C24H25N3/c1-3-15-27(16-4-2)24-22(18-25)21(19-11-7-5-8-12-19)17-23(26-24)20-13-9-6-10-14-20/h5-14,17H,3-4,15-16H2,1-2H3/p+1. The number of nitrogens with zero attached hydrogens (tertiary/aromatic N) is 2.